The van der Waals surface area contributed by atoms with Gasteiger partial charge in [0.2, 0.25) is 0 Å². The summed E-state index contributed by atoms with van der Waals surface area (Å²) in [6.45, 7) is 0. The van der Waals surface area contributed by atoms with Crippen LogP contribution in [0.2, 0.25) is 0 Å². The van der Waals surface area contributed by atoms with Gasteiger partial charge in [-0.05, 0) is 0 Å². The zero-order valence-corrected chi connectivity index (χ0v) is 7.85. The van der Waals surface area contributed by atoms with Crippen molar-refractivity contribution in [2.45, 2.75) is 0 Å². The van der Waals surface area contributed by atoms with Crippen LogP contribution in [-0.2, 0) is 19.5 Å². The molecule has 0 aliphatic heterocycles. The third-order valence-electron chi connectivity index (χ3n) is 0. The molecule has 0 heterocycles. The van der Waals surface area contributed by atoms with E-state index in [1.54, 1.807) is 0 Å². The van der Waals surface area contributed by atoms with Crippen molar-refractivity contribution >= 4 is 37.2 Å². The van der Waals surface area contributed by atoms with Gasteiger partial charge in [0.25, 0.3) is 0 Å². The summed E-state index contributed by atoms with van der Waals surface area (Å²) in [5, 5.41) is 0. The van der Waals surface area contributed by atoms with Gasteiger partial charge in [-0.15, -0.1) is 37.2 Å². The van der Waals surface area contributed by atoms with Gasteiger partial charge in [0, 0.05) is 19.5 Å². The molecular formula is H5Cl3OZn. The van der Waals surface area contributed by atoms with Gasteiger partial charge in [0.15, 0.2) is 0 Å². The topological polar surface area (TPSA) is 31.5 Å². The van der Waals surface area contributed by atoms with Crippen molar-refractivity contribution in [3.63, 3.8) is 0 Å². The van der Waals surface area contributed by atoms with E-state index in [1.807, 2.05) is 0 Å². The molecule has 34 valence electrons. The second-order valence-electron chi connectivity index (χ2n) is 0. The van der Waals surface area contributed by atoms with E-state index in [2.05, 4.69) is 0 Å². The first-order valence-corrected chi connectivity index (χ1v) is 0. The molecule has 0 spiro atoms. The van der Waals surface area contributed by atoms with Crippen LogP contribution in [0.4, 0.5) is 0 Å². The first-order valence-electron chi connectivity index (χ1n) is 0. The SMILES string of the molecule is Cl.Cl.Cl.O.[Zn]. The Bertz CT molecular complexity index is 6.85. The average Bonchev–Trinajstić information content (AvgIpc) is 0. The predicted molar refractivity (Wildman–Crippen MR) is 25.4 cm³/mol. The summed E-state index contributed by atoms with van der Waals surface area (Å²) in [5.41, 5.74) is 0. The van der Waals surface area contributed by atoms with Crippen LogP contribution in [0.15, 0.2) is 0 Å². The van der Waals surface area contributed by atoms with Gasteiger partial charge in [-0.3, -0.25) is 0 Å². The molecule has 0 saturated heterocycles. The van der Waals surface area contributed by atoms with Crippen LogP contribution in [0.5, 0.6) is 0 Å². The number of hydrogen-bond acceptors (Lipinski definition) is 0. The first-order chi connectivity index (χ1) is 0. The molecule has 2 N–H and O–H groups in total. The van der Waals surface area contributed by atoms with E-state index in [0.29, 0.717) is 0 Å². The Hall–Kier alpha value is 1.45. The Kier molecular flexibility index (Phi) is 930. The molecule has 0 amide bonds. The summed E-state index contributed by atoms with van der Waals surface area (Å²) < 4.78 is 0. The Morgan fingerprint density at radius 3 is 0.600 bits per heavy atom. The van der Waals surface area contributed by atoms with E-state index in [1.165, 1.54) is 0 Å². The summed E-state index contributed by atoms with van der Waals surface area (Å²) in [6.07, 6.45) is 0. The van der Waals surface area contributed by atoms with Crippen molar-refractivity contribution in [3.8, 4) is 0 Å². The molecule has 0 bridgehead atoms. The molecule has 0 aliphatic rings. The van der Waals surface area contributed by atoms with E-state index in [4.69, 9.17) is 0 Å². The molecular weight excluding hydrogens is 188 g/mol. The molecule has 1 nitrogen and oxygen atoms in total. The molecule has 0 radical (unpaired) electrons. The second kappa shape index (κ2) is 51.2. The molecule has 5 heteroatoms. The summed E-state index contributed by atoms with van der Waals surface area (Å²) in [4.78, 5) is 0. The zero-order valence-electron chi connectivity index (χ0n) is 2.43. The summed E-state index contributed by atoms with van der Waals surface area (Å²) in [7, 11) is 0. The van der Waals surface area contributed by atoms with Crippen LogP contribution >= 0.6 is 37.2 Å². The smallest absolute Gasteiger partial charge is 0 e. The fourth-order valence-corrected chi connectivity index (χ4v) is 0. The number of hydrogen-bond donors (Lipinski definition) is 0. The molecule has 0 rings (SSSR count). The van der Waals surface area contributed by atoms with Crippen molar-refractivity contribution in [3.05, 3.63) is 0 Å². The van der Waals surface area contributed by atoms with E-state index >= 15 is 0 Å². The van der Waals surface area contributed by atoms with Crippen LogP contribution in [-0.4, -0.2) is 5.48 Å². The van der Waals surface area contributed by atoms with Crippen LogP contribution in [0, 0.1) is 0 Å². The molecule has 0 aromatic heterocycles. The monoisotopic (exact) mass is 190 g/mol. The summed E-state index contributed by atoms with van der Waals surface area (Å²) >= 11 is 0. The largest absolute Gasteiger partial charge is 0.412 e. The molecule has 0 atom stereocenters. The minimum Gasteiger partial charge on any atom is -0.412 e. The molecule has 5 heavy (non-hydrogen) atoms. The van der Waals surface area contributed by atoms with Crippen LogP contribution in [0.3, 0.4) is 0 Å². The Labute approximate surface area is 62.2 Å². The van der Waals surface area contributed by atoms with Gasteiger partial charge >= 0.3 is 0 Å². The fourth-order valence-electron chi connectivity index (χ4n) is 0. The molecule has 0 aromatic carbocycles. The van der Waals surface area contributed by atoms with Crippen molar-refractivity contribution in [2.24, 2.45) is 0 Å². The van der Waals surface area contributed by atoms with Crippen LogP contribution < -0.4 is 0 Å². The first kappa shape index (κ1) is 90.9. The van der Waals surface area contributed by atoms with Crippen LogP contribution in [0.25, 0.3) is 0 Å². The predicted octanol–water partition coefficient (Wildman–Crippen LogP) is 0.438. The second-order valence-corrected chi connectivity index (χ2v) is 0. The van der Waals surface area contributed by atoms with Gasteiger partial charge in [-0.2, -0.15) is 0 Å². The summed E-state index contributed by atoms with van der Waals surface area (Å²) in [5.74, 6) is 0. The molecule has 0 aromatic rings. The fraction of sp³-hybridized carbons (Fsp3) is 0. The average molecular weight is 193 g/mol. The normalized spacial score (nSPS) is 0. The molecule has 0 unspecified atom stereocenters. The van der Waals surface area contributed by atoms with Crippen LogP contribution in [0.1, 0.15) is 0 Å². The van der Waals surface area contributed by atoms with Gasteiger partial charge < -0.3 is 5.48 Å². The third kappa shape index (κ3) is 30.8. The molecule has 0 aliphatic carbocycles. The standard InChI is InChI=1S/3ClH.H2O.Zn/h3*1H;1H2;. The van der Waals surface area contributed by atoms with Crippen molar-refractivity contribution in [1.29, 1.82) is 0 Å². The van der Waals surface area contributed by atoms with Crippen molar-refractivity contribution in [2.75, 3.05) is 0 Å². The van der Waals surface area contributed by atoms with E-state index in [-0.39, 0.29) is 62.2 Å². The minimum absolute atomic E-state index is 0. The maximum absolute atomic E-state index is 0. The third-order valence-corrected chi connectivity index (χ3v) is 0. The maximum Gasteiger partial charge on any atom is 0 e. The van der Waals surface area contributed by atoms with Gasteiger partial charge in [-0.25, -0.2) is 0 Å². The van der Waals surface area contributed by atoms with Gasteiger partial charge in [-0.1, -0.05) is 0 Å². The quantitative estimate of drug-likeness (QED) is 0.499. The van der Waals surface area contributed by atoms with Gasteiger partial charge in [0.1, 0.15) is 0 Å². The number of halogens is 3. The van der Waals surface area contributed by atoms with E-state index in [0.717, 1.165) is 0 Å². The Morgan fingerprint density at radius 1 is 0.600 bits per heavy atom. The van der Waals surface area contributed by atoms with Crippen molar-refractivity contribution < 1.29 is 25.0 Å². The summed E-state index contributed by atoms with van der Waals surface area (Å²) in [6, 6.07) is 0. The Morgan fingerprint density at radius 2 is 0.600 bits per heavy atom. The van der Waals surface area contributed by atoms with Crippen molar-refractivity contribution in [1.82, 2.24) is 0 Å². The van der Waals surface area contributed by atoms with Gasteiger partial charge in [0.05, 0.1) is 0 Å². The molecule has 0 fully saturated rings. The zero-order chi connectivity index (χ0) is 0. The molecule has 0 saturated carbocycles. The number of rotatable bonds is 0. The van der Waals surface area contributed by atoms with E-state index < -0.39 is 0 Å². The minimum atomic E-state index is 0. The Balaban J connectivity index is 0. The van der Waals surface area contributed by atoms with E-state index in [9.17, 15) is 0 Å². The maximum atomic E-state index is 0.